The number of nitrogens with zero attached hydrogens (tertiary/aromatic N) is 2. The summed E-state index contributed by atoms with van der Waals surface area (Å²) < 4.78 is 0. The molecule has 0 spiro atoms. The lowest BCUT2D eigenvalue weighted by Crippen LogP contribution is -2.56. The van der Waals surface area contributed by atoms with Crippen LogP contribution in [0.2, 0.25) is 0 Å². The fourth-order valence-electron chi connectivity index (χ4n) is 3.54. The minimum Gasteiger partial charge on any atom is -0.465 e. The van der Waals surface area contributed by atoms with Gasteiger partial charge in [0.1, 0.15) is 6.04 Å². The highest BCUT2D eigenvalue weighted by molar-refractivity contribution is 5.97. The summed E-state index contributed by atoms with van der Waals surface area (Å²) in [6.45, 7) is 5.36. The van der Waals surface area contributed by atoms with Crippen LogP contribution in [0.1, 0.15) is 26.3 Å². The number of nitrogens with one attached hydrogen (secondary N) is 1. The van der Waals surface area contributed by atoms with E-state index in [4.69, 9.17) is 0 Å². The van der Waals surface area contributed by atoms with Gasteiger partial charge < -0.3 is 10.4 Å². The van der Waals surface area contributed by atoms with Crippen molar-refractivity contribution in [3.8, 4) is 11.1 Å². The highest BCUT2D eigenvalue weighted by Gasteiger charge is 2.37. The van der Waals surface area contributed by atoms with Crippen LogP contribution in [-0.4, -0.2) is 38.6 Å². The zero-order chi connectivity index (χ0) is 22.4. The smallest absolute Gasteiger partial charge is 0.408 e. The predicted octanol–water partition coefficient (Wildman–Crippen LogP) is 5.08. The first-order valence-electron chi connectivity index (χ1n) is 10.1. The number of pyridine rings is 1. The fraction of sp³-hybridized carbons (Fsp3) is 0.240. The number of carboxylic acid groups (broad SMARTS) is 1. The van der Waals surface area contributed by atoms with E-state index in [1.165, 1.54) is 4.90 Å². The second-order valence-electron chi connectivity index (χ2n) is 8.33. The maximum Gasteiger partial charge on any atom is 0.408 e. The Kier molecular flexibility index (Phi) is 6.70. The molecule has 0 bridgehead atoms. The van der Waals surface area contributed by atoms with E-state index in [9.17, 15) is 14.7 Å². The summed E-state index contributed by atoms with van der Waals surface area (Å²) in [5.41, 5.74) is 2.79. The molecule has 6 heteroatoms. The Morgan fingerprint density at radius 2 is 1.52 bits per heavy atom. The largest absolute Gasteiger partial charge is 0.465 e. The van der Waals surface area contributed by atoms with E-state index in [1.54, 1.807) is 33.2 Å². The molecule has 31 heavy (non-hydrogen) atoms. The fourth-order valence-corrected chi connectivity index (χ4v) is 3.54. The summed E-state index contributed by atoms with van der Waals surface area (Å²) in [5, 5.41) is 12.8. The molecular weight excluding hydrogens is 390 g/mol. The number of aromatic nitrogens is 1. The van der Waals surface area contributed by atoms with Gasteiger partial charge >= 0.3 is 6.09 Å². The van der Waals surface area contributed by atoms with Gasteiger partial charge in [0.05, 0.1) is 0 Å². The quantitative estimate of drug-likeness (QED) is 0.586. The van der Waals surface area contributed by atoms with Gasteiger partial charge in [-0.25, -0.2) is 4.79 Å². The van der Waals surface area contributed by atoms with E-state index in [1.807, 2.05) is 66.7 Å². The van der Waals surface area contributed by atoms with E-state index in [0.717, 1.165) is 16.7 Å². The second-order valence-corrected chi connectivity index (χ2v) is 8.33. The highest BCUT2D eigenvalue weighted by atomic mass is 16.4. The molecule has 1 aromatic heterocycles. The number of rotatable bonds is 6. The van der Waals surface area contributed by atoms with E-state index < -0.39 is 17.7 Å². The molecule has 2 aromatic carbocycles. The molecule has 0 aliphatic rings. The number of hydrogen-bond acceptors (Lipinski definition) is 3. The summed E-state index contributed by atoms with van der Waals surface area (Å²) in [4.78, 5) is 30.6. The number of benzene rings is 2. The molecule has 0 radical (unpaired) electrons. The molecule has 0 fully saturated rings. The van der Waals surface area contributed by atoms with Gasteiger partial charge in [-0.15, -0.1) is 0 Å². The van der Waals surface area contributed by atoms with Crippen molar-refractivity contribution in [2.75, 3.05) is 5.32 Å². The van der Waals surface area contributed by atoms with Gasteiger partial charge in [0.15, 0.2) is 0 Å². The lowest BCUT2D eigenvalue weighted by atomic mass is 9.97. The predicted molar refractivity (Wildman–Crippen MR) is 122 cm³/mol. The molecule has 1 heterocycles. The Hall–Kier alpha value is -3.67. The average Bonchev–Trinajstić information content (AvgIpc) is 2.74. The number of carbonyl (C=O) groups excluding carboxylic acids is 1. The van der Waals surface area contributed by atoms with E-state index in [0.29, 0.717) is 5.69 Å². The standard InChI is InChI=1S/C25H27N3O3/c1-25(2,3)28(24(30)31)22(17-18-7-5-4-6-8-18)23(29)27-21-11-9-19(10-12-21)20-13-15-26-16-14-20/h4-16,22H,17H2,1-3H3,(H,27,29)(H,30,31)/t22-/m0/s1. The van der Waals surface area contributed by atoms with Crippen LogP contribution >= 0.6 is 0 Å². The minimum absolute atomic E-state index is 0.283. The number of hydrogen-bond donors (Lipinski definition) is 2. The molecule has 0 saturated heterocycles. The van der Waals surface area contributed by atoms with Crippen LogP contribution in [0, 0.1) is 0 Å². The molecule has 0 aliphatic carbocycles. The van der Waals surface area contributed by atoms with Crippen molar-refractivity contribution in [3.63, 3.8) is 0 Å². The first-order chi connectivity index (χ1) is 14.8. The average molecular weight is 418 g/mol. The van der Waals surface area contributed by atoms with Gasteiger partial charge in [0, 0.05) is 30.0 Å². The van der Waals surface area contributed by atoms with E-state index in [-0.39, 0.29) is 12.3 Å². The zero-order valence-electron chi connectivity index (χ0n) is 17.9. The molecule has 3 rings (SSSR count). The van der Waals surface area contributed by atoms with Crippen LogP contribution in [0.4, 0.5) is 10.5 Å². The second kappa shape index (κ2) is 9.43. The summed E-state index contributed by atoms with van der Waals surface area (Å²) in [5.74, 6) is -0.363. The molecule has 3 aromatic rings. The monoisotopic (exact) mass is 417 g/mol. The van der Waals surface area contributed by atoms with Gasteiger partial charge in [0.25, 0.3) is 0 Å². The SMILES string of the molecule is CC(C)(C)N(C(=O)O)[C@@H](Cc1ccccc1)C(=O)Nc1ccc(-c2ccncc2)cc1. The third-order valence-electron chi connectivity index (χ3n) is 4.98. The van der Waals surface area contributed by atoms with E-state index in [2.05, 4.69) is 10.3 Å². The summed E-state index contributed by atoms with van der Waals surface area (Å²) in [7, 11) is 0. The van der Waals surface area contributed by atoms with Gasteiger partial charge in [-0.1, -0.05) is 42.5 Å². The van der Waals surface area contributed by atoms with Gasteiger partial charge in [-0.2, -0.15) is 0 Å². The molecule has 0 unspecified atom stereocenters. The number of carbonyl (C=O) groups is 2. The Balaban J connectivity index is 1.84. The summed E-state index contributed by atoms with van der Waals surface area (Å²) in [6, 6.07) is 19.8. The maximum atomic E-state index is 13.2. The van der Waals surface area contributed by atoms with Crippen molar-refractivity contribution in [2.24, 2.45) is 0 Å². The molecule has 2 N–H and O–H groups in total. The molecule has 1 atom stereocenters. The Labute approximate surface area is 182 Å². The lowest BCUT2D eigenvalue weighted by Gasteiger charge is -2.38. The summed E-state index contributed by atoms with van der Waals surface area (Å²) >= 11 is 0. The Morgan fingerprint density at radius 3 is 2.06 bits per heavy atom. The van der Waals surface area contributed by atoms with Crippen LogP contribution in [0.5, 0.6) is 0 Å². The van der Waals surface area contributed by atoms with E-state index >= 15 is 0 Å². The van der Waals surface area contributed by atoms with Crippen LogP contribution in [0.25, 0.3) is 11.1 Å². The highest BCUT2D eigenvalue weighted by Crippen LogP contribution is 2.24. The van der Waals surface area contributed by atoms with Crippen molar-refractivity contribution in [3.05, 3.63) is 84.7 Å². The number of amides is 2. The third-order valence-corrected chi connectivity index (χ3v) is 4.98. The molecule has 2 amide bonds. The zero-order valence-corrected chi connectivity index (χ0v) is 17.9. The van der Waals surface area contributed by atoms with Crippen molar-refractivity contribution in [1.29, 1.82) is 0 Å². The normalized spacial score (nSPS) is 12.1. The topological polar surface area (TPSA) is 82.5 Å². The minimum atomic E-state index is -1.13. The van der Waals surface area contributed by atoms with Crippen molar-refractivity contribution in [1.82, 2.24) is 9.88 Å². The Morgan fingerprint density at radius 1 is 0.935 bits per heavy atom. The number of anilines is 1. The maximum absolute atomic E-state index is 13.2. The van der Waals surface area contributed by atoms with Crippen molar-refractivity contribution < 1.29 is 14.7 Å². The molecular formula is C25H27N3O3. The molecule has 160 valence electrons. The van der Waals surface area contributed by atoms with Gasteiger partial charge in [-0.05, 0) is 61.7 Å². The van der Waals surface area contributed by atoms with Crippen molar-refractivity contribution >= 4 is 17.7 Å². The van der Waals surface area contributed by atoms with Gasteiger partial charge in [0.2, 0.25) is 5.91 Å². The lowest BCUT2D eigenvalue weighted by molar-refractivity contribution is -0.122. The summed E-state index contributed by atoms with van der Waals surface area (Å²) in [6.07, 6.45) is 2.61. The molecule has 0 saturated carbocycles. The van der Waals surface area contributed by atoms with Crippen LogP contribution in [0.15, 0.2) is 79.1 Å². The van der Waals surface area contributed by atoms with Crippen LogP contribution < -0.4 is 5.32 Å². The van der Waals surface area contributed by atoms with Crippen LogP contribution in [0.3, 0.4) is 0 Å². The molecule has 6 nitrogen and oxygen atoms in total. The Bertz CT molecular complexity index is 1010. The first-order valence-corrected chi connectivity index (χ1v) is 10.1. The van der Waals surface area contributed by atoms with Crippen molar-refractivity contribution in [2.45, 2.75) is 38.8 Å². The third kappa shape index (κ3) is 5.69. The first kappa shape index (κ1) is 22.0. The van der Waals surface area contributed by atoms with Gasteiger partial charge in [-0.3, -0.25) is 14.7 Å². The molecule has 0 aliphatic heterocycles. The van der Waals surface area contributed by atoms with Crippen LogP contribution in [-0.2, 0) is 11.2 Å².